The van der Waals surface area contributed by atoms with Crippen molar-refractivity contribution in [3.8, 4) is 0 Å². The van der Waals surface area contributed by atoms with Crippen molar-refractivity contribution in [1.82, 2.24) is 5.43 Å². The minimum Gasteiger partial charge on any atom is -0.463 e. The maximum atomic E-state index is 12.7. The molecule has 0 atom stereocenters. The molecule has 0 aliphatic heterocycles. The Balaban J connectivity index is 1.74. The first-order chi connectivity index (χ1) is 9.24. The van der Waals surface area contributed by atoms with Crippen molar-refractivity contribution in [3.63, 3.8) is 0 Å². The van der Waals surface area contributed by atoms with Crippen molar-refractivity contribution < 1.29 is 13.6 Å². The highest BCUT2D eigenvalue weighted by Gasteiger charge is 1.99. The van der Waals surface area contributed by atoms with E-state index in [1.165, 1.54) is 24.6 Å². The minimum absolute atomic E-state index is 0.0428. The topological polar surface area (TPSA) is 66.6 Å². The molecule has 0 fully saturated rings. The number of nitrogens with one attached hydrogen (secondary N) is 2. The molecule has 19 heavy (non-hydrogen) atoms. The SMILES string of the molecule is O=C(CNc1ccc(F)cc1)N/N=C\c1ccco1. The number of nitrogens with zero attached hydrogens (tertiary/aromatic N) is 1. The van der Waals surface area contributed by atoms with Crippen LogP contribution in [0.25, 0.3) is 0 Å². The molecule has 0 aliphatic carbocycles. The molecule has 2 N–H and O–H groups in total. The number of carbonyl (C=O) groups excluding carboxylic acids is 1. The molecule has 1 aromatic heterocycles. The van der Waals surface area contributed by atoms with E-state index in [1.807, 2.05) is 0 Å². The molecule has 0 saturated carbocycles. The zero-order chi connectivity index (χ0) is 13.5. The summed E-state index contributed by atoms with van der Waals surface area (Å²) in [5.74, 6) is -0.0861. The van der Waals surface area contributed by atoms with Crippen LogP contribution in [0.15, 0.2) is 52.2 Å². The number of benzene rings is 1. The fourth-order valence-electron chi connectivity index (χ4n) is 1.32. The van der Waals surface area contributed by atoms with Gasteiger partial charge < -0.3 is 9.73 Å². The van der Waals surface area contributed by atoms with Crippen LogP contribution in [0, 0.1) is 5.82 Å². The second-order valence-electron chi connectivity index (χ2n) is 3.67. The number of hydrogen-bond donors (Lipinski definition) is 2. The van der Waals surface area contributed by atoms with Gasteiger partial charge >= 0.3 is 0 Å². The summed E-state index contributed by atoms with van der Waals surface area (Å²) in [6.07, 6.45) is 2.91. The highest BCUT2D eigenvalue weighted by molar-refractivity contribution is 5.82. The number of amides is 1. The first-order valence-corrected chi connectivity index (χ1v) is 5.59. The lowest BCUT2D eigenvalue weighted by Crippen LogP contribution is -2.25. The lowest BCUT2D eigenvalue weighted by Gasteiger charge is -2.04. The second-order valence-corrected chi connectivity index (χ2v) is 3.67. The van der Waals surface area contributed by atoms with Crippen LogP contribution < -0.4 is 10.7 Å². The van der Waals surface area contributed by atoms with E-state index < -0.39 is 0 Å². The lowest BCUT2D eigenvalue weighted by atomic mass is 10.3. The van der Waals surface area contributed by atoms with Gasteiger partial charge in [-0.05, 0) is 36.4 Å². The maximum Gasteiger partial charge on any atom is 0.259 e. The van der Waals surface area contributed by atoms with Crippen LogP contribution in [0.5, 0.6) is 0 Å². The number of furan rings is 1. The number of halogens is 1. The summed E-state index contributed by atoms with van der Waals surface area (Å²) in [6.45, 7) is 0.0428. The van der Waals surface area contributed by atoms with Crippen LogP contribution in [0.3, 0.4) is 0 Å². The zero-order valence-electron chi connectivity index (χ0n) is 9.97. The molecule has 6 heteroatoms. The van der Waals surface area contributed by atoms with E-state index in [1.54, 1.807) is 24.3 Å². The van der Waals surface area contributed by atoms with Gasteiger partial charge in [0.25, 0.3) is 5.91 Å². The molecular formula is C13H12FN3O2. The predicted molar refractivity (Wildman–Crippen MR) is 69.3 cm³/mol. The molecule has 0 aliphatic rings. The summed E-state index contributed by atoms with van der Waals surface area (Å²) in [7, 11) is 0. The van der Waals surface area contributed by atoms with Gasteiger partial charge in [-0.3, -0.25) is 4.79 Å². The van der Waals surface area contributed by atoms with E-state index in [2.05, 4.69) is 15.8 Å². The van der Waals surface area contributed by atoms with Gasteiger partial charge in [-0.2, -0.15) is 5.10 Å². The Kier molecular flexibility index (Phi) is 4.28. The van der Waals surface area contributed by atoms with Gasteiger partial charge in [-0.1, -0.05) is 0 Å². The number of rotatable bonds is 5. The molecule has 2 rings (SSSR count). The molecule has 0 bridgehead atoms. The molecule has 0 saturated heterocycles. The molecule has 2 aromatic rings. The van der Waals surface area contributed by atoms with E-state index in [0.29, 0.717) is 11.4 Å². The van der Waals surface area contributed by atoms with Crippen LogP contribution in [0.1, 0.15) is 5.76 Å². The van der Waals surface area contributed by atoms with Gasteiger partial charge in [0.05, 0.1) is 19.0 Å². The van der Waals surface area contributed by atoms with Gasteiger partial charge in [-0.15, -0.1) is 0 Å². The normalized spacial score (nSPS) is 10.6. The van der Waals surface area contributed by atoms with Crippen molar-refractivity contribution in [2.75, 3.05) is 11.9 Å². The van der Waals surface area contributed by atoms with Crippen LogP contribution in [-0.2, 0) is 4.79 Å². The zero-order valence-corrected chi connectivity index (χ0v) is 9.97. The molecule has 98 valence electrons. The minimum atomic E-state index is -0.321. The van der Waals surface area contributed by atoms with Crippen LogP contribution in [0.2, 0.25) is 0 Å². The second kappa shape index (κ2) is 6.34. The third kappa shape index (κ3) is 4.27. The summed E-state index contributed by atoms with van der Waals surface area (Å²) < 4.78 is 17.7. The Hall–Kier alpha value is -2.63. The Morgan fingerprint density at radius 1 is 1.32 bits per heavy atom. The molecule has 1 amide bonds. The first kappa shape index (κ1) is 12.8. The van der Waals surface area contributed by atoms with Gasteiger partial charge in [0.2, 0.25) is 0 Å². The molecule has 0 unspecified atom stereocenters. The molecule has 5 nitrogen and oxygen atoms in total. The predicted octanol–water partition coefficient (Wildman–Crippen LogP) is 1.98. The molecule has 0 radical (unpaired) electrons. The van der Waals surface area contributed by atoms with Crippen molar-refractivity contribution in [1.29, 1.82) is 0 Å². The average Bonchev–Trinajstić information content (AvgIpc) is 2.91. The summed E-state index contributed by atoms with van der Waals surface area (Å²) in [6, 6.07) is 9.17. The smallest absolute Gasteiger partial charge is 0.259 e. The molecule has 1 heterocycles. The summed E-state index contributed by atoms with van der Waals surface area (Å²) >= 11 is 0. The summed E-state index contributed by atoms with van der Waals surface area (Å²) in [4.78, 5) is 11.4. The summed E-state index contributed by atoms with van der Waals surface area (Å²) in [5.41, 5.74) is 3.00. The largest absolute Gasteiger partial charge is 0.463 e. The Morgan fingerprint density at radius 3 is 2.79 bits per heavy atom. The maximum absolute atomic E-state index is 12.7. The van der Waals surface area contributed by atoms with Crippen molar-refractivity contribution in [2.24, 2.45) is 5.10 Å². The first-order valence-electron chi connectivity index (χ1n) is 5.59. The molecule has 0 spiro atoms. The summed E-state index contributed by atoms with van der Waals surface area (Å²) in [5, 5.41) is 6.56. The molecular weight excluding hydrogens is 249 g/mol. The van der Waals surface area contributed by atoms with Gasteiger partial charge in [0.15, 0.2) is 0 Å². The number of anilines is 1. The highest BCUT2D eigenvalue weighted by Crippen LogP contribution is 2.07. The van der Waals surface area contributed by atoms with Crippen LogP contribution >= 0.6 is 0 Å². The van der Waals surface area contributed by atoms with Gasteiger partial charge in [0.1, 0.15) is 11.6 Å². The van der Waals surface area contributed by atoms with Crippen LogP contribution in [-0.4, -0.2) is 18.7 Å². The van der Waals surface area contributed by atoms with E-state index in [4.69, 9.17) is 4.42 Å². The fraction of sp³-hybridized carbons (Fsp3) is 0.0769. The molecule has 1 aromatic carbocycles. The quantitative estimate of drug-likeness (QED) is 0.639. The van der Waals surface area contributed by atoms with E-state index in [-0.39, 0.29) is 18.3 Å². The monoisotopic (exact) mass is 261 g/mol. The fourth-order valence-corrected chi connectivity index (χ4v) is 1.32. The average molecular weight is 261 g/mol. The van der Waals surface area contributed by atoms with Crippen molar-refractivity contribution in [2.45, 2.75) is 0 Å². The van der Waals surface area contributed by atoms with Crippen LogP contribution in [0.4, 0.5) is 10.1 Å². The number of carbonyl (C=O) groups is 1. The Bertz CT molecular complexity index is 550. The Morgan fingerprint density at radius 2 is 2.11 bits per heavy atom. The van der Waals surface area contributed by atoms with Crippen molar-refractivity contribution >= 4 is 17.8 Å². The Labute approximate surface area is 109 Å². The van der Waals surface area contributed by atoms with Crippen molar-refractivity contribution in [3.05, 3.63) is 54.2 Å². The number of hydrogen-bond acceptors (Lipinski definition) is 4. The number of hydrazone groups is 1. The third-order valence-electron chi connectivity index (χ3n) is 2.22. The lowest BCUT2D eigenvalue weighted by molar-refractivity contribution is -0.119. The standard InChI is InChI=1S/C13H12FN3O2/c14-10-3-5-11(6-4-10)15-9-13(18)17-16-8-12-2-1-7-19-12/h1-8,15H,9H2,(H,17,18)/b16-8-. The highest BCUT2D eigenvalue weighted by atomic mass is 19.1. The van der Waals surface area contributed by atoms with Gasteiger partial charge in [0, 0.05) is 5.69 Å². The van der Waals surface area contributed by atoms with Gasteiger partial charge in [-0.25, -0.2) is 9.82 Å². The van der Waals surface area contributed by atoms with E-state index in [9.17, 15) is 9.18 Å². The van der Waals surface area contributed by atoms with E-state index in [0.717, 1.165) is 0 Å². The third-order valence-corrected chi connectivity index (χ3v) is 2.22. The van der Waals surface area contributed by atoms with E-state index >= 15 is 0 Å².